The van der Waals surface area contributed by atoms with Crippen molar-refractivity contribution in [1.82, 2.24) is 9.55 Å². The maximum Gasteiger partial charge on any atom is 0.351 e. The second-order valence-electron chi connectivity index (χ2n) is 6.09. The third kappa shape index (κ3) is 4.48. The molecule has 0 spiro atoms. The molecule has 13 nitrogen and oxygen atoms in total. The van der Waals surface area contributed by atoms with E-state index in [2.05, 4.69) is 4.98 Å². The quantitative estimate of drug-likeness (QED) is 0.144. The Morgan fingerprint density at radius 2 is 2.18 bits per heavy atom. The first-order valence-electron chi connectivity index (χ1n) is 8.07. The number of carboxylic acid groups (broad SMARTS) is 1. The summed E-state index contributed by atoms with van der Waals surface area (Å²) in [6.07, 6.45) is -4.14. The summed E-state index contributed by atoms with van der Waals surface area (Å²) in [5, 5.41) is 37.7. The zero-order valence-corrected chi connectivity index (χ0v) is 14.5. The van der Waals surface area contributed by atoms with E-state index in [0.29, 0.717) is 4.57 Å². The maximum atomic E-state index is 12.0. The lowest BCUT2D eigenvalue weighted by Crippen LogP contribution is -2.51. The molecule has 28 heavy (non-hydrogen) atoms. The number of aromatic nitrogens is 2. The molecule has 152 valence electrons. The summed E-state index contributed by atoms with van der Waals surface area (Å²) in [5.41, 5.74) is 3.95. The first-order chi connectivity index (χ1) is 13.1. The topological polar surface area (TPSA) is 206 Å². The van der Waals surface area contributed by atoms with E-state index in [9.17, 15) is 24.6 Å². The van der Waals surface area contributed by atoms with Gasteiger partial charge in [0.25, 0.3) is 0 Å². The lowest BCUT2D eigenvalue weighted by molar-refractivity contribution is -0.153. The van der Waals surface area contributed by atoms with Gasteiger partial charge in [0, 0.05) is 12.6 Å². The first-order valence-corrected chi connectivity index (χ1v) is 8.07. The molecule has 0 amide bonds. The van der Waals surface area contributed by atoms with Crippen LogP contribution < -0.4 is 16.9 Å². The molecule has 5 atom stereocenters. The molecule has 0 aromatic carbocycles. The van der Waals surface area contributed by atoms with Crippen LogP contribution in [0, 0.1) is 0 Å². The van der Waals surface area contributed by atoms with Gasteiger partial charge in [-0.15, -0.1) is 0 Å². The molecule has 14 heteroatoms. The van der Waals surface area contributed by atoms with E-state index >= 15 is 0 Å². The normalized spacial score (nSPS) is 27.9. The molecule has 1 aliphatic heterocycles. The van der Waals surface area contributed by atoms with Crippen LogP contribution in [-0.4, -0.2) is 80.8 Å². The van der Waals surface area contributed by atoms with Crippen LogP contribution in [0.4, 0.5) is 5.82 Å². The van der Waals surface area contributed by atoms with Crippen LogP contribution in [0.25, 0.3) is 0 Å². The van der Waals surface area contributed by atoms with Crippen LogP contribution in [0.1, 0.15) is 12.8 Å². The van der Waals surface area contributed by atoms with Gasteiger partial charge in [0.2, 0.25) is 0 Å². The van der Waals surface area contributed by atoms with Crippen LogP contribution in [0.3, 0.4) is 0 Å². The van der Waals surface area contributed by atoms with Gasteiger partial charge in [0.1, 0.15) is 44.4 Å². The molecule has 1 saturated heterocycles. The van der Waals surface area contributed by atoms with Gasteiger partial charge in [-0.1, -0.05) is 0 Å². The van der Waals surface area contributed by atoms with E-state index in [-0.39, 0.29) is 18.7 Å². The SMILES string of the molecule is [B][C@@]1(n2ccc(NO)nc2=O)O[C@H](COC(=O)[C@@H](N)CCC(=O)O)[C@@H](O)[C@H]1O. The molecule has 1 aromatic rings. The molecule has 1 fully saturated rings. The summed E-state index contributed by atoms with van der Waals surface area (Å²) in [4.78, 5) is 37.8. The van der Waals surface area contributed by atoms with Crippen molar-refractivity contribution in [2.75, 3.05) is 12.1 Å². The second kappa shape index (κ2) is 8.66. The van der Waals surface area contributed by atoms with Gasteiger partial charge < -0.3 is 30.5 Å². The van der Waals surface area contributed by atoms with Crippen LogP contribution in [-0.2, 0) is 24.7 Å². The molecule has 0 aliphatic carbocycles. The standard InChI is InChI=1S/C14H19BN4O9/c15-14(19-4-3-8(18-26)17-13(19)25)11(23)10(22)7(28-14)5-27-12(24)6(16)1-2-9(20)21/h3-4,6-7,10-11,22-23,26H,1-2,5,16H2,(H,20,21)(H,17,18,25)/t6-,7+,10+,11+,14-/m0/s1. The highest BCUT2D eigenvalue weighted by Gasteiger charge is 2.52. The Balaban J connectivity index is 2.06. The predicted molar refractivity (Wildman–Crippen MR) is 90.3 cm³/mol. The van der Waals surface area contributed by atoms with Gasteiger partial charge in [0.05, 0.1) is 0 Å². The highest BCUT2D eigenvalue weighted by atomic mass is 16.6. The van der Waals surface area contributed by atoms with Crippen molar-refractivity contribution in [1.29, 1.82) is 0 Å². The number of rotatable bonds is 8. The van der Waals surface area contributed by atoms with E-state index in [4.69, 9.17) is 33.4 Å². The summed E-state index contributed by atoms with van der Waals surface area (Å²) in [5.74, 6) is -2.24. The number of nitrogens with one attached hydrogen (secondary N) is 1. The number of hydrogen-bond acceptors (Lipinski definition) is 11. The number of nitrogens with zero attached hydrogens (tertiary/aromatic N) is 2. The Kier molecular flexibility index (Phi) is 6.74. The Morgan fingerprint density at radius 1 is 1.50 bits per heavy atom. The number of esters is 1. The molecule has 1 aliphatic rings. The number of aliphatic carboxylic acids is 1. The van der Waals surface area contributed by atoms with E-state index in [1.165, 1.54) is 0 Å². The van der Waals surface area contributed by atoms with Crippen molar-refractivity contribution in [3.05, 3.63) is 22.7 Å². The predicted octanol–water partition coefficient (Wildman–Crippen LogP) is -3.32. The number of hydrogen-bond donors (Lipinski definition) is 6. The molecule has 1 aromatic heterocycles. The summed E-state index contributed by atoms with van der Waals surface area (Å²) in [7, 11) is 5.92. The van der Waals surface area contributed by atoms with Gasteiger partial charge in [-0.25, -0.2) is 4.79 Å². The Hall–Kier alpha value is -2.52. The molecule has 7 N–H and O–H groups in total. The van der Waals surface area contributed by atoms with E-state index in [1.807, 2.05) is 0 Å². The third-order valence-corrected chi connectivity index (χ3v) is 4.12. The van der Waals surface area contributed by atoms with Crippen molar-refractivity contribution < 1.29 is 39.6 Å². The molecule has 2 radical (unpaired) electrons. The maximum absolute atomic E-state index is 12.0. The average Bonchev–Trinajstić information content (AvgIpc) is 2.88. The monoisotopic (exact) mass is 398 g/mol. The molecular weight excluding hydrogens is 379 g/mol. The van der Waals surface area contributed by atoms with Gasteiger partial charge in [-0.2, -0.15) is 4.98 Å². The van der Waals surface area contributed by atoms with Crippen molar-refractivity contribution >= 4 is 25.6 Å². The number of anilines is 1. The molecule has 0 bridgehead atoms. The fraction of sp³-hybridized carbons (Fsp3) is 0.571. The van der Waals surface area contributed by atoms with E-state index in [1.54, 1.807) is 5.48 Å². The van der Waals surface area contributed by atoms with E-state index < -0.39 is 54.2 Å². The lowest BCUT2D eigenvalue weighted by atomic mass is 9.84. The summed E-state index contributed by atoms with van der Waals surface area (Å²) >= 11 is 0. The van der Waals surface area contributed by atoms with Crippen LogP contribution in [0.15, 0.2) is 17.1 Å². The number of carbonyl (C=O) groups is 2. The van der Waals surface area contributed by atoms with Crippen molar-refractivity contribution in [3.8, 4) is 0 Å². The van der Waals surface area contributed by atoms with Crippen LogP contribution in [0.5, 0.6) is 0 Å². The number of nitrogens with two attached hydrogens (primary N) is 1. The largest absolute Gasteiger partial charge is 0.481 e. The second-order valence-corrected chi connectivity index (χ2v) is 6.09. The highest BCUT2D eigenvalue weighted by molar-refractivity contribution is 6.13. The van der Waals surface area contributed by atoms with Crippen LogP contribution in [0.2, 0.25) is 0 Å². The summed E-state index contributed by atoms with van der Waals surface area (Å²) < 4.78 is 10.9. The average molecular weight is 398 g/mol. The number of aliphatic hydroxyl groups is 2. The fourth-order valence-electron chi connectivity index (χ4n) is 2.56. The van der Waals surface area contributed by atoms with Crippen molar-refractivity contribution in [2.24, 2.45) is 5.73 Å². The Labute approximate surface area is 159 Å². The Bertz CT molecular complexity index is 790. The summed E-state index contributed by atoms with van der Waals surface area (Å²) in [6.45, 7) is -0.560. The number of carbonyl (C=O) groups excluding carboxylic acids is 1. The highest BCUT2D eigenvalue weighted by Crippen LogP contribution is 2.32. The van der Waals surface area contributed by atoms with Gasteiger partial charge >= 0.3 is 17.6 Å². The van der Waals surface area contributed by atoms with Crippen molar-refractivity contribution in [3.63, 3.8) is 0 Å². The smallest absolute Gasteiger partial charge is 0.351 e. The van der Waals surface area contributed by atoms with E-state index in [0.717, 1.165) is 12.3 Å². The fourth-order valence-corrected chi connectivity index (χ4v) is 2.56. The minimum atomic E-state index is -2.22. The molecule has 0 unspecified atom stereocenters. The summed E-state index contributed by atoms with van der Waals surface area (Å²) in [6, 6.07) is -0.0413. The van der Waals surface area contributed by atoms with Crippen molar-refractivity contribution in [2.45, 2.75) is 42.8 Å². The first kappa shape index (κ1) is 21.8. The zero-order chi connectivity index (χ0) is 21.1. The lowest BCUT2D eigenvalue weighted by Gasteiger charge is -2.30. The van der Waals surface area contributed by atoms with Crippen LogP contribution >= 0.6 is 0 Å². The Morgan fingerprint density at radius 3 is 2.75 bits per heavy atom. The molecule has 0 saturated carbocycles. The number of ether oxygens (including phenoxy) is 2. The number of aliphatic hydroxyl groups excluding tert-OH is 2. The molecule has 2 rings (SSSR count). The molecular formula is C14H19BN4O9. The zero-order valence-electron chi connectivity index (χ0n) is 14.5. The van der Waals surface area contributed by atoms with Gasteiger partial charge in [0.15, 0.2) is 5.82 Å². The molecule has 2 heterocycles. The minimum absolute atomic E-state index is 0.155. The number of carboxylic acids is 1. The third-order valence-electron chi connectivity index (χ3n) is 4.12. The van der Waals surface area contributed by atoms with Gasteiger partial charge in [-0.3, -0.25) is 24.8 Å². The minimum Gasteiger partial charge on any atom is -0.481 e. The van der Waals surface area contributed by atoms with Gasteiger partial charge in [-0.05, 0) is 12.5 Å².